The molecule has 0 atom stereocenters. The minimum atomic E-state index is -4.42. The molecule has 0 radical (unpaired) electrons. The van der Waals surface area contributed by atoms with Crippen LogP contribution >= 0.6 is 11.6 Å². The van der Waals surface area contributed by atoms with E-state index in [4.69, 9.17) is 16.3 Å². The highest BCUT2D eigenvalue weighted by Gasteiger charge is 2.34. The van der Waals surface area contributed by atoms with Gasteiger partial charge in [0.25, 0.3) is 0 Å². The molecule has 0 aliphatic carbocycles. The highest BCUT2D eigenvalue weighted by Crippen LogP contribution is 2.38. The molecule has 0 aromatic heterocycles. The van der Waals surface area contributed by atoms with Gasteiger partial charge in [0.05, 0.1) is 22.9 Å². The Bertz CT molecular complexity index is 382. The molecule has 0 amide bonds. The number of ether oxygens (including phenoxy) is 1. The van der Waals surface area contributed by atoms with E-state index in [1.54, 1.807) is 0 Å². The van der Waals surface area contributed by atoms with Crippen molar-refractivity contribution in [1.82, 2.24) is 0 Å². The summed E-state index contributed by atoms with van der Waals surface area (Å²) in [5.41, 5.74) is -0.850. The Hall–Kier alpha value is -0.940. The zero-order valence-corrected chi connectivity index (χ0v) is 10.7. The fraction of sp³-hybridized carbons (Fsp3) is 0.500. The van der Waals surface area contributed by atoms with Crippen molar-refractivity contribution in [3.8, 4) is 0 Å². The number of halogens is 4. The molecule has 0 bridgehead atoms. The third-order valence-electron chi connectivity index (χ3n) is 2.22. The van der Waals surface area contributed by atoms with Crippen molar-refractivity contribution >= 4 is 17.3 Å². The summed E-state index contributed by atoms with van der Waals surface area (Å²) in [6.07, 6.45) is -3.54. The van der Waals surface area contributed by atoms with Crippen LogP contribution in [0.2, 0.25) is 5.02 Å². The van der Waals surface area contributed by atoms with Crippen LogP contribution in [0.4, 0.5) is 18.9 Å². The van der Waals surface area contributed by atoms with Crippen molar-refractivity contribution in [3.05, 3.63) is 28.8 Å². The number of para-hydroxylation sites is 1. The van der Waals surface area contributed by atoms with E-state index < -0.39 is 11.7 Å². The summed E-state index contributed by atoms with van der Waals surface area (Å²) in [5.74, 6) is 0. The van der Waals surface area contributed by atoms with Crippen LogP contribution in [0.1, 0.15) is 18.9 Å². The monoisotopic (exact) mass is 281 g/mol. The molecule has 1 rings (SSSR count). The molecule has 1 aromatic rings. The van der Waals surface area contributed by atoms with Crippen molar-refractivity contribution in [2.75, 3.05) is 25.1 Å². The Morgan fingerprint density at radius 1 is 1.28 bits per heavy atom. The summed E-state index contributed by atoms with van der Waals surface area (Å²) in [6.45, 7) is 3.18. The SMILES string of the molecule is CCCOCCNc1c(Cl)cccc1C(F)(F)F. The van der Waals surface area contributed by atoms with Crippen molar-refractivity contribution < 1.29 is 17.9 Å². The van der Waals surface area contributed by atoms with E-state index in [2.05, 4.69) is 5.32 Å². The third-order valence-corrected chi connectivity index (χ3v) is 2.53. The van der Waals surface area contributed by atoms with E-state index in [-0.39, 0.29) is 17.3 Å². The number of benzene rings is 1. The number of hydrogen-bond donors (Lipinski definition) is 1. The standard InChI is InChI=1S/C12H15ClF3NO/c1-2-7-18-8-6-17-11-9(12(14,15)16)4-3-5-10(11)13/h3-5,17H,2,6-8H2,1H3. The first-order valence-electron chi connectivity index (χ1n) is 5.64. The van der Waals surface area contributed by atoms with Gasteiger partial charge in [0.15, 0.2) is 0 Å². The van der Waals surface area contributed by atoms with Crippen molar-refractivity contribution in [2.24, 2.45) is 0 Å². The van der Waals surface area contributed by atoms with Crippen LogP contribution in [0.3, 0.4) is 0 Å². The van der Waals surface area contributed by atoms with Crippen LogP contribution in [0.5, 0.6) is 0 Å². The van der Waals surface area contributed by atoms with E-state index in [1.807, 2.05) is 6.92 Å². The van der Waals surface area contributed by atoms with Crippen LogP contribution in [0, 0.1) is 0 Å². The van der Waals surface area contributed by atoms with Gasteiger partial charge in [-0.15, -0.1) is 0 Å². The number of nitrogens with one attached hydrogen (secondary N) is 1. The van der Waals surface area contributed by atoms with Gasteiger partial charge in [-0.2, -0.15) is 13.2 Å². The Morgan fingerprint density at radius 2 is 2.00 bits per heavy atom. The van der Waals surface area contributed by atoms with Crippen molar-refractivity contribution in [2.45, 2.75) is 19.5 Å². The van der Waals surface area contributed by atoms with Gasteiger partial charge in [0, 0.05) is 13.2 Å². The number of alkyl halides is 3. The molecule has 0 saturated carbocycles. The molecule has 1 aromatic carbocycles. The van der Waals surface area contributed by atoms with Gasteiger partial charge in [-0.25, -0.2) is 0 Å². The molecule has 0 aliphatic heterocycles. The molecule has 6 heteroatoms. The second kappa shape index (κ2) is 6.85. The van der Waals surface area contributed by atoms with Crippen LogP contribution in [0.25, 0.3) is 0 Å². The molecule has 0 aliphatic rings. The maximum Gasteiger partial charge on any atom is 0.418 e. The Kier molecular flexibility index (Phi) is 5.75. The average Bonchev–Trinajstić information content (AvgIpc) is 2.29. The van der Waals surface area contributed by atoms with Crippen molar-refractivity contribution in [1.29, 1.82) is 0 Å². The highest BCUT2D eigenvalue weighted by molar-refractivity contribution is 6.33. The normalized spacial score (nSPS) is 11.6. The molecule has 2 nitrogen and oxygen atoms in total. The zero-order chi connectivity index (χ0) is 13.6. The predicted molar refractivity (Wildman–Crippen MR) is 66.1 cm³/mol. The number of anilines is 1. The Labute approximate surface area is 109 Å². The molecule has 0 saturated heterocycles. The molecule has 102 valence electrons. The van der Waals surface area contributed by atoms with E-state index in [1.165, 1.54) is 12.1 Å². The first kappa shape index (κ1) is 15.1. The minimum Gasteiger partial charge on any atom is -0.381 e. The van der Waals surface area contributed by atoms with Gasteiger partial charge < -0.3 is 10.1 Å². The van der Waals surface area contributed by atoms with Gasteiger partial charge in [0.2, 0.25) is 0 Å². The topological polar surface area (TPSA) is 21.3 Å². The summed E-state index contributed by atoms with van der Waals surface area (Å²) >= 11 is 5.77. The lowest BCUT2D eigenvalue weighted by atomic mass is 10.1. The van der Waals surface area contributed by atoms with Crippen LogP contribution < -0.4 is 5.32 Å². The molecular formula is C12H15ClF3NO. The van der Waals surface area contributed by atoms with Gasteiger partial charge in [-0.3, -0.25) is 0 Å². The fourth-order valence-electron chi connectivity index (χ4n) is 1.43. The van der Waals surface area contributed by atoms with Crippen LogP contribution in [0.15, 0.2) is 18.2 Å². The Balaban J connectivity index is 2.69. The summed E-state index contributed by atoms with van der Waals surface area (Å²) in [6, 6.07) is 3.71. The smallest absolute Gasteiger partial charge is 0.381 e. The second-order valence-corrected chi connectivity index (χ2v) is 4.11. The quantitative estimate of drug-likeness (QED) is 0.789. The average molecular weight is 282 g/mol. The van der Waals surface area contributed by atoms with Gasteiger partial charge >= 0.3 is 6.18 Å². The molecule has 1 N–H and O–H groups in total. The predicted octanol–water partition coefficient (Wildman–Crippen LogP) is 4.20. The number of rotatable bonds is 6. The second-order valence-electron chi connectivity index (χ2n) is 3.70. The first-order valence-corrected chi connectivity index (χ1v) is 6.02. The van der Waals surface area contributed by atoms with Gasteiger partial charge in [-0.05, 0) is 18.6 Å². The number of hydrogen-bond acceptors (Lipinski definition) is 2. The van der Waals surface area contributed by atoms with E-state index in [0.29, 0.717) is 13.2 Å². The lowest BCUT2D eigenvalue weighted by molar-refractivity contribution is -0.136. The summed E-state index contributed by atoms with van der Waals surface area (Å²) in [4.78, 5) is 0. The van der Waals surface area contributed by atoms with Crippen LogP contribution in [-0.2, 0) is 10.9 Å². The minimum absolute atomic E-state index is 0.0558. The van der Waals surface area contributed by atoms with Gasteiger partial charge in [0.1, 0.15) is 0 Å². The van der Waals surface area contributed by atoms with Crippen LogP contribution in [-0.4, -0.2) is 19.8 Å². The molecule has 0 spiro atoms. The molecule has 0 unspecified atom stereocenters. The van der Waals surface area contributed by atoms with Crippen molar-refractivity contribution in [3.63, 3.8) is 0 Å². The third kappa shape index (κ3) is 4.38. The molecule has 0 fully saturated rings. The fourth-order valence-corrected chi connectivity index (χ4v) is 1.68. The highest BCUT2D eigenvalue weighted by atomic mass is 35.5. The maximum absolute atomic E-state index is 12.7. The summed E-state index contributed by atoms with van der Waals surface area (Å²) < 4.78 is 43.4. The molecule has 18 heavy (non-hydrogen) atoms. The molecular weight excluding hydrogens is 267 g/mol. The summed E-state index contributed by atoms with van der Waals surface area (Å²) in [5, 5.41) is 2.73. The largest absolute Gasteiger partial charge is 0.418 e. The zero-order valence-electron chi connectivity index (χ0n) is 9.98. The Morgan fingerprint density at radius 3 is 2.61 bits per heavy atom. The summed E-state index contributed by atoms with van der Waals surface area (Å²) in [7, 11) is 0. The maximum atomic E-state index is 12.7. The first-order chi connectivity index (χ1) is 8.46. The van der Waals surface area contributed by atoms with Gasteiger partial charge in [-0.1, -0.05) is 24.6 Å². The molecule has 0 heterocycles. The van der Waals surface area contributed by atoms with E-state index in [0.717, 1.165) is 12.5 Å². The van der Waals surface area contributed by atoms with E-state index in [9.17, 15) is 13.2 Å². The van der Waals surface area contributed by atoms with E-state index >= 15 is 0 Å². The lowest BCUT2D eigenvalue weighted by Crippen LogP contribution is -2.15. The lowest BCUT2D eigenvalue weighted by Gasteiger charge is -2.15.